The van der Waals surface area contributed by atoms with Gasteiger partial charge in [-0.1, -0.05) is 12.1 Å². The van der Waals surface area contributed by atoms with Gasteiger partial charge in [-0.2, -0.15) is 0 Å². The van der Waals surface area contributed by atoms with Crippen LogP contribution in [0, 0.1) is 0 Å². The lowest BCUT2D eigenvalue weighted by atomic mass is 10.1. The summed E-state index contributed by atoms with van der Waals surface area (Å²) >= 11 is 0. The summed E-state index contributed by atoms with van der Waals surface area (Å²) in [5.41, 5.74) is 6.91. The molecular formula is C12H18ClNO2. The van der Waals surface area contributed by atoms with E-state index >= 15 is 0 Å². The van der Waals surface area contributed by atoms with Gasteiger partial charge in [0, 0.05) is 12.5 Å². The van der Waals surface area contributed by atoms with Crippen LogP contribution in [-0.4, -0.2) is 19.3 Å². The Kier molecular flexibility index (Phi) is 5.06. The van der Waals surface area contributed by atoms with Crippen molar-refractivity contribution in [1.82, 2.24) is 0 Å². The van der Waals surface area contributed by atoms with Crippen molar-refractivity contribution < 1.29 is 9.47 Å². The summed E-state index contributed by atoms with van der Waals surface area (Å²) in [6.07, 6.45) is 1.18. The van der Waals surface area contributed by atoms with E-state index in [0.29, 0.717) is 6.61 Å². The van der Waals surface area contributed by atoms with Gasteiger partial charge in [0.2, 0.25) is 0 Å². The van der Waals surface area contributed by atoms with E-state index in [-0.39, 0.29) is 24.6 Å². The zero-order valence-corrected chi connectivity index (χ0v) is 10.2. The fraction of sp³-hybridized carbons (Fsp3) is 0.500. The molecule has 0 aromatic heterocycles. The van der Waals surface area contributed by atoms with Crippen LogP contribution in [0.1, 0.15) is 24.9 Å². The second-order valence-electron chi connectivity index (χ2n) is 3.96. The Labute approximate surface area is 102 Å². The van der Waals surface area contributed by atoms with Crippen molar-refractivity contribution >= 4 is 12.4 Å². The molecule has 1 aliphatic heterocycles. The molecule has 0 amide bonds. The Morgan fingerprint density at radius 2 is 2.31 bits per heavy atom. The maximum absolute atomic E-state index is 5.81. The summed E-state index contributed by atoms with van der Waals surface area (Å²) in [7, 11) is 0. The first kappa shape index (κ1) is 13.3. The third-order valence-corrected chi connectivity index (χ3v) is 2.57. The lowest BCUT2D eigenvalue weighted by Gasteiger charge is -2.13. The molecule has 1 aromatic rings. The van der Waals surface area contributed by atoms with Gasteiger partial charge in [-0.25, -0.2) is 0 Å². The Morgan fingerprint density at radius 3 is 2.94 bits per heavy atom. The molecule has 2 atom stereocenters. The lowest BCUT2D eigenvalue weighted by Crippen LogP contribution is -2.16. The summed E-state index contributed by atoms with van der Waals surface area (Å²) in [6.45, 7) is 3.47. The number of hydrogen-bond donors (Lipinski definition) is 1. The number of hydrogen-bond acceptors (Lipinski definition) is 3. The van der Waals surface area contributed by atoms with Gasteiger partial charge >= 0.3 is 0 Å². The molecule has 2 N–H and O–H groups in total. The van der Waals surface area contributed by atoms with Gasteiger partial charge in [-0.3, -0.25) is 0 Å². The van der Waals surface area contributed by atoms with Crippen molar-refractivity contribution in [3.63, 3.8) is 0 Å². The van der Waals surface area contributed by atoms with Crippen LogP contribution in [0.5, 0.6) is 5.75 Å². The third-order valence-electron chi connectivity index (χ3n) is 2.57. The van der Waals surface area contributed by atoms with Crippen LogP contribution in [0.2, 0.25) is 0 Å². The van der Waals surface area contributed by atoms with Gasteiger partial charge in [0.15, 0.2) is 0 Å². The predicted molar refractivity (Wildman–Crippen MR) is 66.1 cm³/mol. The van der Waals surface area contributed by atoms with Crippen LogP contribution in [0.25, 0.3) is 0 Å². The van der Waals surface area contributed by atoms with Crippen LogP contribution in [0.3, 0.4) is 0 Å². The third kappa shape index (κ3) is 3.37. The highest BCUT2D eigenvalue weighted by molar-refractivity contribution is 5.85. The van der Waals surface area contributed by atoms with E-state index in [9.17, 15) is 0 Å². The molecule has 0 saturated carbocycles. The van der Waals surface area contributed by atoms with Gasteiger partial charge in [0.1, 0.15) is 11.9 Å². The molecule has 1 unspecified atom stereocenters. The Morgan fingerprint density at radius 1 is 1.50 bits per heavy atom. The molecule has 1 fully saturated rings. The zero-order valence-electron chi connectivity index (χ0n) is 9.39. The van der Waals surface area contributed by atoms with Crippen LogP contribution >= 0.6 is 12.4 Å². The zero-order chi connectivity index (χ0) is 10.7. The van der Waals surface area contributed by atoms with Gasteiger partial charge in [-0.05, 0) is 24.6 Å². The second kappa shape index (κ2) is 6.09. The minimum atomic E-state index is 0. The fourth-order valence-electron chi connectivity index (χ4n) is 1.67. The van der Waals surface area contributed by atoms with Gasteiger partial charge in [-0.15, -0.1) is 12.4 Å². The summed E-state index contributed by atoms with van der Waals surface area (Å²) < 4.78 is 11.0. The summed E-state index contributed by atoms with van der Waals surface area (Å²) in [4.78, 5) is 0. The van der Waals surface area contributed by atoms with Crippen molar-refractivity contribution in [2.75, 3.05) is 13.2 Å². The average molecular weight is 244 g/mol. The number of halogens is 1. The number of nitrogens with two attached hydrogens (primary N) is 1. The molecule has 1 heterocycles. The molecule has 0 spiro atoms. The van der Waals surface area contributed by atoms with Crippen molar-refractivity contribution in [2.24, 2.45) is 5.73 Å². The van der Waals surface area contributed by atoms with Crippen LogP contribution in [0.15, 0.2) is 24.3 Å². The van der Waals surface area contributed by atoms with Crippen molar-refractivity contribution in [1.29, 1.82) is 0 Å². The van der Waals surface area contributed by atoms with E-state index < -0.39 is 0 Å². The molecule has 1 saturated heterocycles. The number of ether oxygens (including phenoxy) is 2. The minimum absolute atomic E-state index is 0. The standard InChI is InChI=1S/C12H17NO2.ClH/c1-9(13)10-3-2-4-11(7-10)15-12-5-6-14-8-12;/h2-4,7,9,12H,5-6,8,13H2,1H3;1H/t9-,12?;/m1./s1. The molecule has 2 rings (SSSR count). The molecule has 1 aromatic carbocycles. The smallest absolute Gasteiger partial charge is 0.124 e. The van der Waals surface area contributed by atoms with Crippen molar-refractivity contribution in [2.45, 2.75) is 25.5 Å². The monoisotopic (exact) mass is 243 g/mol. The number of benzene rings is 1. The molecule has 4 heteroatoms. The highest BCUT2D eigenvalue weighted by Crippen LogP contribution is 2.20. The minimum Gasteiger partial charge on any atom is -0.488 e. The normalized spacial score (nSPS) is 21.2. The summed E-state index contributed by atoms with van der Waals surface area (Å²) in [5.74, 6) is 0.889. The lowest BCUT2D eigenvalue weighted by molar-refractivity contribution is 0.141. The quantitative estimate of drug-likeness (QED) is 0.886. The second-order valence-corrected chi connectivity index (χ2v) is 3.96. The van der Waals surface area contributed by atoms with Crippen molar-refractivity contribution in [3.8, 4) is 5.75 Å². The molecule has 3 nitrogen and oxygen atoms in total. The van der Waals surface area contributed by atoms with Gasteiger partial charge < -0.3 is 15.2 Å². The fourth-order valence-corrected chi connectivity index (χ4v) is 1.67. The summed E-state index contributed by atoms with van der Waals surface area (Å²) in [6, 6.07) is 8.01. The van der Waals surface area contributed by atoms with E-state index in [0.717, 1.165) is 24.3 Å². The van der Waals surface area contributed by atoms with Crippen LogP contribution in [0.4, 0.5) is 0 Å². The highest BCUT2D eigenvalue weighted by Gasteiger charge is 2.17. The van der Waals surface area contributed by atoms with E-state index in [1.54, 1.807) is 0 Å². The summed E-state index contributed by atoms with van der Waals surface area (Å²) in [5, 5.41) is 0. The maximum Gasteiger partial charge on any atom is 0.124 e. The van der Waals surface area contributed by atoms with Crippen molar-refractivity contribution in [3.05, 3.63) is 29.8 Å². The van der Waals surface area contributed by atoms with E-state index in [4.69, 9.17) is 15.2 Å². The highest BCUT2D eigenvalue weighted by atomic mass is 35.5. The molecule has 0 aliphatic carbocycles. The van der Waals surface area contributed by atoms with Gasteiger partial charge in [0.25, 0.3) is 0 Å². The number of rotatable bonds is 3. The predicted octanol–water partition coefficient (Wildman–Crippen LogP) is 2.30. The molecule has 0 bridgehead atoms. The van der Waals surface area contributed by atoms with Crippen LogP contribution in [-0.2, 0) is 4.74 Å². The van der Waals surface area contributed by atoms with E-state index in [1.165, 1.54) is 0 Å². The van der Waals surface area contributed by atoms with E-state index in [2.05, 4.69) is 0 Å². The molecule has 1 aliphatic rings. The van der Waals surface area contributed by atoms with Crippen LogP contribution < -0.4 is 10.5 Å². The van der Waals surface area contributed by atoms with E-state index in [1.807, 2.05) is 31.2 Å². The first-order valence-electron chi connectivity index (χ1n) is 5.35. The average Bonchev–Trinajstić information content (AvgIpc) is 2.71. The van der Waals surface area contributed by atoms with Gasteiger partial charge in [0.05, 0.1) is 13.2 Å². The Bertz CT molecular complexity index is 325. The first-order chi connectivity index (χ1) is 7.25. The Hall–Kier alpha value is -0.770. The topological polar surface area (TPSA) is 44.5 Å². The maximum atomic E-state index is 5.81. The molecule has 90 valence electrons. The Balaban J connectivity index is 0.00000128. The first-order valence-corrected chi connectivity index (χ1v) is 5.35. The molecule has 0 radical (unpaired) electrons. The molecular weight excluding hydrogens is 226 g/mol. The molecule has 16 heavy (non-hydrogen) atoms. The largest absolute Gasteiger partial charge is 0.488 e. The SMILES string of the molecule is C[C@@H](N)c1cccc(OC2CCOC2)c1.Cl.